The summed E-state index contributed by atoms with van der Waals surface area (Å²) in [7, 11) is -24.6. The second-order valence-corrected chi connectivity index (χ2v) is 15.2. The molecular formula is C18H16N2O16S5. The van der Waals surface area contributed by atoms with E-state index in [0.29, 0.717) is 24.3 Å². The van der Waals surface area contributed by atoms with Gasteiger partial charge in [-0.3, -0.25) is 18.2 Å². The monoisotopic (exact) mass is 676 g/mol. The maximum atomic E-state index is 12.5. The van der Waals surface area contributed by atoms with Gasteiger partial charge in [0, 0.05) is 5.39 Å². The zero-order valence-corrected chi connectivity index (χ0v) is 23.7. The van der Waals surface area contributed by atoms with E-state index in [4.69, 9.17) is 4.55 Å². The van der Waals surface area contributed by atoms with Crippen LogP contribution >= 0.6 is 0 Å². The van der Waals surface area contributed by atoms with Crippen LogP contribution in [-0.2, 0) is 54.8 Å². The van der Waals surface area contributed by atoms with Gasteiger partial charge in [-0.2, -0.15) is 33.7 Å². The molecule has 3 aromatic rings. The lowest BCUT2D eigenvalue weighted by molar-refractivity contribution is 0.284. The number of benzene rings is 3. The second kappa shape index (κ2) is 10.9. The van der Waals surface area contributed by atoms with Crippen LogP contribution in [-0.4, -0.2) is 77.8 Å². The van der Waals surface area contributed by atoms with Gasteiger partial charge in [0.25, 0.3) is 30.4 Å². The van der Waals surface area contributed by atoms with Crippen molar-refractivity contribution in [2.45, 2.75) is 19.6 Å². The molecule has 23 heteroatoms. The number of sulfone groups is 1. The van der Waals surface area contributed by atoms with Crippen molar-refractivity contribution in [1.29, 1.82) is 0 Å². The number of hydrogen-bond acceptors (Lipinski definition) is 14. The maximum absolute atomic E-state index is 12.5. The van der Waals surface area contributed by atoms with E-state index >= 15 is 0 Å². The standard InChI is InChI=1S/C18H16N2O16S5/c21-18-13-3-1-12(38(24,25)26)7-10(13)8-16(40(30,31)32)17(18)20-19-14-9-11(2-4-15(14)39(27,28)29)37(22,23)6-5-36-41(33,34)35/h1-4,7-9,21H,5-6H2,(H,24,25,26)(H,27,28,29)(H,30,31,32)(H,33,34,35). The summed E-state index contributed by atoms with van der Waals surface area (Å²) in [6.07, 6.45) is 0. The number of azo groups is 1. The van der Waals surface area contributed by atoms with Crippen molar-refractivity contribution in [2.75, 3.05) is 12.4 Å². The Morgan fingerprint density at radius 3 is 1.78 bits per heavy atom. The average molecular weight is 677 g/mol. The van der Waals surface area contributed by atoms with Crippen LogP contribution in [0.1, 0.15) is 0 Å². The molecule has 3 aromatic carbocycles. The van der Waals surface area contributed by atoms with Gasteiger partial charge in [-0.15, -0.1) is 10.2 Å². The molecule has 3 rings (SSSR count). The second-order valence-electron chi connectivity index (χ2n) is 7.78. The van der Waals surface area contributed by atoms with Crippen molar-refractivity contribution in [2.24, 2.45) is 10.2 Å². The zero-order chi connectivity index (χ0) is 31.2. The van der Waals surface area contributed by atoms with Crippen LogP contribution in [0.25, 0.3) is 10.8 Å². The molecule has 0 aliphatic rings. The van der Waals surface area contributed by atoms with Crippen molar-refractivity contribution in [3.63, 3.8) is 0 Å². The fourth-order valence-corrected chi connectivity index (χ4v) is 6.52. The minimum absolute atomic E-state index is 0.288. The van der Waals surface area contributed by atoms with Gasteiger partial charge in [-0.25, -0.2) is 12.6 Å². The van der Waals surface area contributed by atoms with Gasteiger partial charge in [0.2, 0.25) is 0 Å². The molecule has 0 aliphatic carbocycles. The van der Waals surface area contributed by atoms with E-state index in [2.05, 4.69) is 14.4 Å². The summed E-state index contributed by atoms with van der Waals surface area (Å²) in [5, 5.41) is 16.9. The van der Waals surface area contributed by atoms with Crippen LogP contribution < -0.4 is 0 Å². The topological polar surface area (TPSA) is 306 Å². The predicted molar refractivity (Wildman–Crippen MR) is 135 cm³/mol. The first-order valence-corrected chi connectivity index (χ1v) is 17.5. The molecule has 0 heterocycles. The Balaban J connectivity index is 2.23. The highest BCUT2D eigenvalue weighted by molar-refractivity contribution is 7.91. The summed E-state index contributed by atoms with van der Waals surface area (Å²) >= 11 is 0. The van der Waals surface area contributed by atoms with Crippen molar-refractivity contribution >= 4 is 72.7 Å². The van der Waals surface area contributed by atoms with E-state index in [1.807, 2.05) is 0 Å². The van der Waals surface area contributed by atoms with E-state index in [1.54, 1.807) is 0 Å². The normalized spacial score (nSPS) is 13.7. The van der Waals surface area contributed by atoms with Gasteiger partial charge in [-0.1, -0.05) is 0 Å². The van der Waals surface area contributed by atoms with Gasteiger partial charge in [0.05, 0.1) is 22.2 Å². The van der Waals surface area contributed by atoms with Gasteiger partial charge in [-0.05, 0) is 47.9 Å². The minimum Gasteiger partial charge on any atom is -0.505 e. The third-order valence-corrected chi connectivity index (χ3v) is 9.77. The maximum Gasteiger partial charge on any atom is 0.397 e. The van der Waals surface area contributed by atoms with Gasteiger partial charge < -0.3 is 5.11 Å². The SMILES string of the molecule is O=S(=O)(O)OCCS(=O)(=O)c1ccc(S(=O)(=O)O)c(N=Nc2c(S(=O)(=O)O)cc3cc(S(=O)(=O)O)ccc3c2O)c1. The van der Waals surface area contributed by atoms with E-state index in [-0.39, 0.29) is 10.8 Å². The highest BCUT2D eigenvalue weighted by Gasteiger charge is 2.25. The van der Waals surface area contributed by atoms with Crippen LogP contribution in [0.4, 0.5) is 11.4 Å². The van der Waals surface area contributed by atoms with Crippen LogP contribution in [0.15, 0.2) is 72.3 Å². The van der Waals surface area contributed by atoms with E-state index in [0.717, 1.165) is 18.2 Å². The largest absolute Gasteiger partial charge is 0.505 e. The molecule has 224 valence electrons. The van der Waals surface area contributed by atoms with E-state index in [1.165, 1.54) is 0 Å². The van der Waals surface area contributed by atoms with Crippen LogP contribution in [0.2, 0.25) is 0 Å². The van der Waals surface area contributed by atoms with Gasteiger partial charge in [0.1, 0.15) is 21.2 Å². The van der Waals surface area contributed by atoms with E-state index in [9.17, 15) is 60.9 Å². The molecule has 41 heavy (non-hydrogen) atoms. The van der Waals surface area contributed by atoms with Crippen molar-refractivity contribution in [3.8, 4) is 5.75 Å². The Morgan fingerprint density at radius 2 is 1.24 bits per heavy atom. The molecule has 0 saturated heterocycles. The fourth-order valence-electron chi connectivity index (χ4n) is 3.24. The third-order valence-electron chi connectivity index (χ3n) is 5.01. The molecule has 0 spiro atoms. The Hall–Kier alpha value is -3.13. The Labute approximate surface area is 232 Å². The number of phenols is 1. The highest BCUT2D eigenvalue weighted by Crippen LogP contribution is 2.42. The van der Waals surface area contributed by atoms with Crippen molar-refractivity contribution < 1.29 is 69.6 Å². The molecule has 0 bridgehead atoms. The number of hydrogen-bond donors (Lipinski definition) is 5. The van der Waals surface area contributed by atoms with Gasteiger partial charge >= 0.3 is 10.4 Å². The molecule has 0 unspecified atom stereocenters. The third kappa shape index (κ3) is 7.79. The first-order chi connectivity index (χ1) is 18.5. The lowest BCUT2D eigenvalue weighted by Crippen LogP contribution is -2.15. The molecule has 0 atom stereocenters. The Kier molecular flexibility index (Phi) is 8.64. The van der Waals surface area contributed by atoms with Crippen molar-refractivity contribution in [1.82, 2.24) is 0 Å². The number of nitrogens with zero attached hydrogens (tertiary/aromatic N) is 2. The molecule has 0 radical (unpaired) electrons. The van der Waals surface area contributed by atoms with E-state index < -0.39 is 99.7 Å². The first-order valence-electron chi connectivity index (χ1n) is 10.1. The summed E-state index contributed by atoms with van der Waals surface area (Å²) in [5.41, 5.74) is -1.97. The molecular weight excluding hydrogens is 661 g/mol. The Morgan fingerprint density at radius 1 is 0.659 bits per heavy atom. The summed E-state index contributed by atoms with van der Waals surface area (Å²) in [6.45, 7) is -1.06. The smallest absolute Gasteiger partial charge is 0.397 e. The molecule has 0 aliphatic heterocycles. The predicted octanol–water partition coefficient (Wildman–Crippen LogP) is 1.29. The fraction of sp³-hybridized carbons (Fsp3) is 0.111. The lowest BCUT2D eigenvalue weighted by Gasteiger charge is -2.10. The van der Waals surface area contributed by atoms with Crippen LogP contribution in [0.5, 0.6) is 5.75 Å². The quantitative estimate of drug-likeness (QED) is 0.149. The summed E-state index contributed by atoms with van der Waals surface area (Å²) in [6, 6.07) is 4.88. The molecule has 18 nitrogen and oxygen atoms in total. The molecule has 0 amide bonds. The first kappa shape index (κ1) is 32.4. The number of fused-ring (bicyclic) bond motifs is 1. The summed E-state index contributed by atoms with van der Waals surface area (Å²) in [5.74, 6) is -2.10. The molecule has 0 saturated carbocycles. The van der Waals surface area contributed by atoms with Crippen molar-refractivity contribution in [3.05, 3.63) is 42.5 Å². The molecule has 0 fully saturated rings. The lowest BCUT2D eigenvalue weighted by atomic mass is 10.1. The molecule has 5 N–H and O–H groups in total. The number of aromatic hydroxyl groups is 1. The van der Waals surface area contributed by atoms with Crippen LogP contribution in [0, 0.1) is 0 Å². The highest BCUT2D eigenvalue weighted by atomic mass is 32.3. The number of rotatable bonds is 10. The summed E-state index contributed by atoms with van der Waals surface area (Å²) in [4.78, 5) is -3.68. The minimum atomic E-state index is -5.27. The molecule has 0 aromatic heterocycles. The van der Waals surface area contributed by atoms with Gasteiger partial charge in [0.15, 0.2) is 15.6 Å². The van der Waals surface area contributed by atoms with Crippen LogP contribution in [0.3, 0.4) is 0 Å². The summed E-state index contributed by atoms with van der Waals surface area (Å²) < 4.78 is 158. The number of phenolic OH excluding ortho intramolecular Hbond substituents is 1. The zero-order valence-electron chi connectivity index (χ0n) is 19.6. The Bertz CT molecular complexity index is 2140. The average Bonchev–Trinajstić information content (AvgIpc) is 2.80.